The summed E-state index contributed by atoms with van der Waals surface area (Å²) in [6.45, 7) is 1.61. The number of hydrogen-bond acceptors (Lipinski definition) is 3. The number of ether oxygens (including phenoxy) is 1. The lowest BCUT2D eigenvalue weighted by Crippen LogP contribution is -2.40. The van der Waals surface area contributed by atoms with E-state index in [4.69, 9.17) is 22.1 Å². The molecule has 2 N–H and O–H groups in total. The van der Waals surface area contributed by atoms with Gasteiger partial charge < -0.3 is 10.5 Å². The van der Waals surface area contributed by atoms with Crippen LogP contribution in [0, 0.1) is 0 Å². The highest BCUT2D eigenvalue weighted by molar-refractivity contribution is 6.31. The fourth-order valence-corrected chi connectivity index (χ4v) is 3.26. The van der Waals surface area contributed by atoms with Crippen LogP contribution in [0.4, 0.5) is 0 Å². The van der Waals surface area contributed by atoms with Gasteiger partial charge in [-0.3, -0.25) is 4.79 Å². The molecule has 0 amide bonds. The van der Waals surface area contributed by atoms with Gasteiger partial charge in [0.05, 0.1) is 0 Å². The highest BCUT2D eigenvalue weighted by Gasteiger charge is 2.42. The van der Waals surface area contributed by atoms with Crippen molar-refractivity contribution in [2.75, 3.05) is 0 Å². The fourth-order valence-electron chi connectivity index (χ4n) is 2.99. The van der Waals surface area contributed by atoms with Gasteiger partial charge >= 0.3 is 5.97 Å². The van der Waals surface area contributed by atoms with E-state index in [0.29, 0.717) is 10.6 Å². The molecule has 132 valence electrons. The smallest absolute Gasteiger partial charge is 0.324 e. The van der Waals surface area contributed by atoms with E-state index < -0.39 is 17.6 Å². The van der Waals surface area contributed by atoms with Crippen LogP contribution >= 0.6 is 11.6 Å². The molecule has 3 rings (SSSR count). The summed E-state index contributed by atoms with van der Waals surface area (Å²) in [5, 5.41) is 0.512. The lowest BCUT2D eigenvalue weighted by atomic mass is 9.80. The third kappa shape index (κ3) is 3.36. The molecule has 0 spiro atoms. The molecular formula is C22H20ClNO2. The SMILES string of the molecule is C[C@H](N)C(=O)OC(c1ccccc1)(c1ccccc1)c1ccccc1Cl. The number of esters is 1. The Hall–Kier alpha value is -2.62. The van der Waals surface area contributed by atoms with Crippen LogP contribution in [0.5, 0.6) is 0 Å². The van der Waals surface area contributed by atoms with Crippen LogP contribution in [0.2, 0.25) is 5.02 Å². The first kappa shape index (κ1) is 18.2. The molecule has 0 bridgehead atoms. The number of carbonyl (C=O) groups is 1. The quantitative estimate of drug-likeness (QED) is 0.534. The Bertz CT molecular complexity index is 839. The van der Waals surface area contributed by atoms with Crippen molar-refractivity contribution in [3.63, 3.8) is 0 Å². The zero-order valence-corrected chi connectivity index (χ0v) is 15.2. The Labute approximate surface area is 158 Å². The highest BCUT2D eigenvalue weighted by Crippen LogP contribution is 2.43. The van der Waals surface area contributed by atoms with Gasteiger partial charge in [0.2, 0.25) is 0 Å². The minimum absolute atomic E-state index is 0.502. The van der Waals surface area contributed by atoms with Gasteiger partial charge in [0.1, 0.15) is 6.04 Å². The average Bonchev–Trinajstić information content (AvgIpc) is 2.68. The number of nitrogens with two attached hydrogens (primary N) is 1. The summed E-state index contributed by atoms with van der Waals surface area (Å²) < 4.78 is 6.09. The van der Waals surface area contributed by atoms with E-state index in [0.717, 1.165) is 11.1 Å². The maximum Gasteiger partial charge on any atom is 0.324 e. The summed E-state index contributed by atoms with van der Waals surface area (Å²) in [5.41, 5.74) is 6.91. The number of rotatable bonds is 5. The lowest BCUT2D eigenvalue weighted by molar-refractivity contribution is -0.154. The first-order valence-corrected chi connectivity index (χ1v) is 8.78. The van der Waals surface area contributed by atoms with Crippen LogP contribution in [0.3, 0.4) is 0 Å². The lowest BCUT2D eigenvalue weighted by Gasteiger charge is -2.36. The second-order valence-corrected chi connectivity index (χ2v) is 6.51. The Morgan fingerprint density at radius 2 is 1.35 bits per heavy atom. The van der Waals surface area contributed by atoms with Gasteiger partial charge in [-0.2, -0.15) is 0 Å². The fraction of sp³-hybridized carbons (Fsp3) is 0.136. The summed E-state index contributed by atoms with van der Waals surface area (Å²) in [7, 11) is 0. The third-order valence-corrected chi connectivity index (χ3v) is 4.57. The molecule has 1 atom stereocenters. The van der Waals surface area contributed by atoms with E-state index in [2.05, 4.69) is 0 Å². The molecule has 0 radical (unpaired) electrons. The summed E-state index contributed by atoms with van der Waals surface area (Å²) >= 11 is 6.55. The monoisotopic (exact) mass is 365 g/mol. The molecule has 0 fully saturated rings. The molecule has 0 aliphatic heterocycles. The zero-order valence-electron chi connectivity index (χ0n) is 14.4. The van der Waals surface area contributed by atoms with Crippen LogP contribution in [-0.2, 0) is 15.1 Å². The molecule has 4 heteroatoms. The second-order valence-electron chi connectivity index (χ2n) is 6.10. The zero-order chi connectivity index (χ0) is 18.6. The molecule has 0 saturated carbocycles. The van der Waals surface area contributed by atoms with Crippen molar-refractivity contribution in [1.82, 2.24) is 0 Å². The van der Waals surface area contributed by atoms with E-state index >= 15 is 0 Å². The van der Waals surface area contributed by atoms with Crippen molar-refractivity contribution in [3.8, 4) is 0 Å². The van der Waals surface area contributed by atoms with E-state index in [9.17, 15) is 4.79 Å². The Morgan fingerprint density at radius 1 is 0.885 bits per heavy atom. The molecule has 26 heavy (non-hydrogen) atoms. The number of halogens is 1. The maximum atomic E-state index is 12.6. The molecule has 0 unspecified atom stereocenters. The Morgan fingerprint density at radius 3 is 1.81 bits per heavy atom. The Balaban J connectivity index is 2.35. The molecule has 3 aromatic rings. The summed E-state index contributed by atoms with van der Waals surface area (Å²) in [6.07, 6.45) is 0. The first-order valence-electron chi connectivity index (χ1n) is 8.40. The van der Waals surface area contributed by atoms with Crippen molar-refractivity contribution < 1.29 is 9.53 Å². The van der Waals surface area contributed by atoms with Crippen LogP contribution in [-0.4, -0.2) is 12.0 Å². The molecule has 0 aromatic heterocycles. The van der Waals surface area contributed by atoms with E-state index in [1.54, 1.807) is 13.0 Å². The van der Waals surface area contributed by atoms with Gasteiger partial charge in [-0.1, -0.05) is 90.5 Å². The van der Waals surface area contributed by atoms with Crippen molar-refractivity contribution in [3.05, 3.63) is 107 Å². The Kier molecular flexibility index (Phi) is 5.40. The highest BCUT2D eigenvalue weighted by atomic mass is 35.5. The summed E-state index contributed by atoms with van der Waals surface area (Å²) in [6, 6.07) is 25.8. The normalized spacial score (nSPS) is 12.4. The molecule has 0 aliphatic carbocycles. The van der Waals surface area contributed by atoms with Crippen molar-refractivity contribution in [2.24, 2.45) is 5.73 Å². The van der Waals surface area contributed by atoms with Crippen LogP contribution in [0.25, 0.3) is 0 Å². The topological polar surface area (TPSA) is 52.3 Å². The van der Waals surface area contributed by atoms with Crippen molar-refractivity contribution in [1.29, 1.82) is 0 Å². The molecule has 3 aromatic carbocycles. The average molecular weight is 366 g/mol. The van der Waals surface area contributed by atoms with Gasteiger partial charge in [-0.15, -0.1) is 0 Å². The van der Waals surface area contributed by atoms with E-state index in [-0.39, 0.29) is 0 Å². The standard InChI is InChI=1S/C22H20ClNO2/c1-16(24)21(25)26-22(17-10-4-2-5-11-17,18-12-6-3-7-13-18)19-14-8-9-15-20(19)23/h2-16H,24H2,1H3/t16-/m0/s1. The van der Waals surface area contributed by atoms with E-state index in [1.165, 1.54) is 0 Å². The molecule has 0 aliphatic rings. The van der Waals surface area contributed by atoms with Gasteiger partial charge in [0.15, 0.2) is 5.60 Å². The van der Waals surface area contributed by atoms with Crippen LogP contribution in [0.1, 0.15) is 23.6 Å². The molecular weight excluding hydrogens is 346 g/mol. The molecule has 0 saturated heterocycles. The van der Waals surface area contributed by atoms with Crippen molar-refractivity contribution in [2.45, 2.75) is 18.6 Å². The van der Waals surface area contributed by atoms with Gasteiger partial charge in [0.25, 0.3) is 0 Å². The predicted molar refractivity (Wildman–Crippen MR) is 104 cm³/mol. The minimum Gasteiger partial charge on any atom is -0.443 e. The number of hydrogen-bond donors (Lipinski definition) is 1. The van der Waals surface area contributed by atoms with Gasteiger partial charge in [-0.25, -0.2) is 0 Å². The largest absolute Gasteiger partial charge is 0.443 e. The number of benzene rings is 3. The molecule has 3 nitrogen and oxygen atoms in total. The first-order chi connectivity index (χ1) is 12.6. The number of carbonyl (C=O) groups excluding carboxylic acids is 1. The van der Waals surface area contributed by atoms with E-state index in [1.807, 2.05) is 78.9 Å². The predicted octanol–water partition coefficient (Wildman–Crippen LogP) is 4.52. The summed E-state index contributed by atoms with van der Waals surface area (Å²) in [5.74, 6) is -0.502. The molecule has 0 heterocycles. The van der Waals surface area contributed by atoms with Gasteiger partial charge in [0, 0.05) is 21.7 Å². The van der Waals surface area contributed by atoms with Crippen molar-refractivity contribution >= 4 is 17.6 Å². The van der Waals surface area contributed by atoms with Gasteiger partial charge in [-0.05, 0) is 13.0 Å². The van der Waals surface area contributed by atoms with Crippen LogP contribution in [0.15, 0.2) is 84.9 Å². The second kappa shape index (κ2) is 7.73. The minimum atomic E-state index is -1.19. The third-order valence-electron chi connectivity index (χ3n) is 4.24. The summed E-state index contributed by atoms with van der Waals surface area (Å²) in [4.78, 5) is 12.6. The maximum absolute atomic E-state index is 12.6. The van der Waals surface area contributed by atoms with Crippen LogP contribution < -0.4 is 5.73 Å².